The van der Waals surface area contributed by atoms with Crippen molar-refractivity contribution in [2.45, 2.75) is 69.9 Å². The Labute approximate surface area is 289 Å². The minimum atomic E-state index is -0.617. The highest BCUT2D eigenvalue weighted by atomic mass is 16.5. The fourth-order valence-corrected chi connectivity index (χ4v) is 5.79. The van der Waals surface area contributed by atoms with Crippen LogP contribution in [-0.2, 0) is 17.6 Å². The first-order chi connectivity index (χ1) is 23.7. The van der Waals surface area contributed by atoms with Gasteiger partial charge in [-0.15, -0.1) is 0 Å². The van der Waals surface area contributed by atoms with Gasteiger partial charge in [-0.3, -0.25) is 9.59 Å². The number of carbonyl (C=O) groups excluding carboxylic acids is 2. The molecular formula is C40H50N4O5. The summed E-state index contributed by atoms with van der Waals surface area (Å²) in [5.41, 5.74) is 16.3. The standard InChI is InChI=1S/C40H50N4O5/c1-43-21-7-5-3-2-4-6-8-33(45)16-9-28-11-18-37(47)39(25-28)49-23-20-29-10-17-36(46)35(24-29)34(26-38(48)32-19-22-44-27-32)30-12-14-31(15-13-30)40(41)42/h6,8,10-15,17-19,22,24-25,27,34,40,43-44,46-47H,2-5,7,9,16,20-21,23,26,41-42H2,1H3. The largest absolute Gasteiger partial charge is 0.508 e. The van der Waals surface area contributed by atoms with Crippen molar-refractivity contribution in [3.63, 3.8) is 0 Å². The van der Waals surface area contributed by atoms with Gasteiger partial charge in [0.2, 0.25) is 0 Å². The molecule has 0 spiro atoms. The summed E-state index contributed by atoms with van der Waals surface area (Å²) >= 11 is 0. The number of phenols is 2. The number of nitrogens with two attached hydrogens (primary N) is 2. The highest BCUT2D eigenvalue weighted by molar-refractivity contribution is 5.96. The number of hydrogen-bond donors (Lipinski definition) is 6. The molecule has 0 aliphatic heterocycles. The number of aromatic hydroxyl groups is 2. The summed E-state index contributed by atoms with van der Waals surface area (Å²) in [7, 11) is 1.97. The van der Waals surface area contributed by atoms with Crippen LogP contribution in [0.25, 0.3) is 0 Å². The number of unbranched alkanes of at least 4 members (excludes halogenated alkanes) is 4. The maximum Gasteiger partial charge on any atom is 0.165 e. The Bertz CT molecular complexity index is 1650. The van der Waals surface area contributed by atoms with Gasteiger partial charge >= 0.3 is 0 Å². The second kappa shape index (κ2) is 19.3. The number of benzene rings is 3. The summed E-state index contributed by atoms with van der Waals surface area (Å²) in [4.78, 5) is 28.5. The molecule has 0 aliphatic rings. The molecule has 260 valence electrons. The van der Waals surface area contributed by atoms with E-state index in [0.717, 1.165) is 41.6 Å². The van der Waals surface area contributed by atoms with Crippen molar-refractivity contribution in [1.82, 2.24) is 10.3 Å². The van der Waals surface area contributed by atoms with Crippen LogP contribution in [0.4, 0.5) is 0 Å². The second-order valence-electron chi connectivity index (χ2n) is 12.4. The van der Waals surface area contributed by atoms with Crippen molar-refractivity contribution in [2.75, 3.05) is 20.2 Å². The molecule has 0 saturated carbocycles. The lowest BCUT2D eigenvalue weighted by Gasteiger charge is -2.20. The molecule has 0 fully saturated rings. The number of ether oxygens (including phenoxy) is 1. The van der Waals surface area contributed by atoms with Gasteiger partial charge in [-0.1, -0.05) is 61.4 Å². The van der Waals surface area contributed by atoms with E-state index in [2.05, 4.69) is 10.3 Å². The van der Waals surface area contributed by atoms with Crippen LogP contribution in [0.1, 0.15) is 95.2 Å². The smallest absolute Gasteiger partial charge is 0.165 e. The Hall–Kier alpha value is -4.70. The summed E-state index contributed by atoms with van der Waals surface area (Å²) in [5.74, 6) is 0.0780. The fourth-order valence-electron chi connectivity index (χ4n) is 5.79. The van der Waals surface area contributed by atoms with E-state index in [9.17, 15) is 19.8 Å². The number of H-pyrrole nitrogens is 1. The molecule has 3 aromatic carbocycles. The van der Waals surface area contributed by atoms with Gasteiger partial charge in [0, 0.05) is 48.7 Å². The number of nitrogens with one attached hydrogen (secondary N) is 2. The fraction of sp³-hybridized carbons (Fsp3) is 0.350. The summed E-state index contributed by atoms with van der Waals surface area (Å²) < 4.78 is 5.98. The number of hydrogen-bond acceptors (Lipinski definition) is 8. The first-order valence-electron chi connectivity index (χ1n) is 17.1. The molecule has 1 atom stereocenters. The third-order valence-electron chi connectivity index (χ3n) is 8.68. The van der Waals surface area contributed by atoms with Crippen molar-refractivity contribution < 1.29 is 24.5 Å². The number of phenolic OH excluding ortho intramolecular Hbond substituents is 2. The predicted octanol–water partition coefficient (Wildman–Crippen LogP) is 6.60. The Balaban J connectivity index is 1.36. The first-order valence-corrected chi connectivity index (χ1v) is 17.1. The Morgan fingerprint density at radius 1 is 0.878 bits per heavy atom. The molecule has 8 N–H and O–H groups in total. The average molecular weight is 667 g/mol. The van der Waals surface area contributed by atoms with Crippen molar-refractivity contribution in [3.8, 4) is 17.2 Å². The van der Waals surface area contributed by atoms with Crippen LogP contribution in [0.3, 0.4) is 0 Å². The van der Waals surface area contributed by atoms with Crippen molar-refractivity contribution >= 4 is 11.6 Å². The van der Waals surface area contributed by atoms with Crippen molar-refractivity contribution in [1.29, 1.82) is 0 Å². The van der Waals surface area contributed by atoms with Crippen molar-refractivity contribution in [3.05, 3.63) is 125 Å². The van der Waals surface area contributed by atoms with Gasteiger partial charge in [-0.05, 0) is 91.9 Å². The first kappa shape index (κ1) is 37.1. The van der Waals surface area contributed by atoms with Crippen LogP contribution >= 0.6 is 0 Å². The molecule has 9 heteroatoms. The number of aromatic nitrogens is 1. The maximum atomic E-state index is 13.2. The molecule has 4 rings (SSSR count). The van der Waals surface area contributed by atoms with E-state index in [1.165, 1.54) is 19.3 Å². The summed E-state index contributed by atoms with van der Waals surface area (Å²) in [6, 6.07) is 19.7. The van der Waals surface area contributed by atoms with E-state index < -0.39 is 12.1 Å². The van der Waals surface area contributed by atoms with Gasteiger partial charge in [0.15, 0.2) is 23.1 Å². The van der Waals surface area contributed by atoms with Crippen LogP contribution in [-0.4, -0.2) is 47.0 Å². The summed E-state index contributed by atoms with van der Waals surface area (Å²) in [6.07, 6.45) is 13.5. The van der Waals surface area contributed by atoms with Crippen LogP contribution in [0.5, 0.6) is 17.2 Å². The van der Waals surface area contributed by atoms with Crippen LogP contribution < -0.4 is 21.5 Å². The Morgan fingerprint density at radius 3 is 2.31 bits per heavy atom. The van der Waals surface area contributed by atoms with Gasteiger partial charge in [-0.25, -0.2) is 0 Å². The van der Waals surface area contributed by atoms with Gasteiger partial charge in [-0.2, -0.15) is 0 Å². The lowest BCUT2D eigenvalue weighted by molar-refractivity contribution is -0.114. The lowest BCUT2D eigenvalue weighted by Crippen LogP contribution is -2.20. The Kier molecular flexibility index (Phi) is 14.6. The highest BCUT2D eigenvalue weighted by Gasteiger charge is 2.23. The SMILES string of the molecule is CNCCCCCCC=CC(=O)CCc1ccc(O)c(OCCc2ccc(O)c(C(CC(=O)c3cc[nH]c3)c3ccc(C(N)N)cc3)c2)c1. The van der Waals surface area contributed by atoms with Gasteiger partial charge in [0.05, 0.1) is 12.8 Å². The topological polar surface area (TPSA) is 164 Å². The lowest BCUT2D eigenvalue weighted by atomic mass is 9.84. The molecule has 1 unspecified atom stereocenters. The van der Waals surface area contributed by atoms with E-state index in [1.807, 2.05) is 49.5 Å². The summed E-state index contributed by atoms with van der Waals surface area (Å²) in [5, 5.41) is 24.6. The molecule has 0 bridgehead atoms. The zero-order valence-corrected chi connectivity index (χ0v) is 28.4. The average Bonchev–Trinajstić information content (AvgIpc) is 3.65. The predicted molar refractivity (Wildman–Crippen MR) is 194 cm³/mol. The van der Waals surface area contributed by atoms with E-state index in [-0.39, 0.29) is 36.1 Å². The van der Waals surface area contributed by atoms with E-state index in [4.69, 9.17) is 16.2 Å². The number of Topliss-reactive ketones (excluding diaryl/α,β-unsaturated/α-hetero) is 1. The number of carbonyl (C=O) groups is 2. The van der Waals surface area contributed by atoms with Gasteiger partial charge in [0.25, 0.3) is 0 Å². The highest BCUT2D eigenvalue weighted by Crippen LogP contribution is 2.36. The summed E-state index contributed by atoms with van der Waals surface area (Å²) in [6.45, 7) is 1.31. The third-order valence-corrected chi connectivity index (χ3v) is 8.68. The molecule has 1 aromatic heterocycles. The number of aromatic amines is 1. The number of aryl methyl sites for hydroxylation is 1. The van der Waals surface area contributed by atoms with E-state index >= 15 is 0 Å². The second-order valence-corrected chi connectivity index (χ2v) is 12.4. The van der Waals surface area contributed by atoms with Gasteiger partial charge in [0.1, 0.15) is 5.75 Å². The molecule has 49 heavy (non-hydrogen) atoms. The number of allylic oxidation sites excluding steroid dienone is 2. The molecule has 9 nitrogen and oxygen atoms in total. The number of rotatable bonds is 21. The Morgan fingerprint density at radius 2 is 1.59 bits per heavy atom. The third kappa shape index (κ3) is 11.7. The van der Waals surface area contributed by atoms with Crippen LogP contribution in [0.15, 0.2) is 91.3 Å². The minimum Gasteiger partial charge on any atom is -0.508 e. The van der Waals surface area contributed by atoms with E-state index in [0.29, 0.717) is 36.1 Å². The monoisotopic (exact) mass is 666 g/mol. The molecule has 0 radical (unpaired) electrons. The zero-order chi connectivity index (χ0) is 35.0. The maximum absolute atomic E-state index is 13.2. The number of ketones is 2. The normalized spacial score (nSPS) is 12.1. The van der Waals surface area contributed by atoms with Crippen LogP contribution in [0.2, 0.25) is 0 Å². The molecular weight excluding hydrogens is 616 g/mol. The van der Waals surface area contributed by atoms with E-state index in [1.54, 1.807) is 48.8 Å². The molecule has 1 heterocycles. The quantitative estimate of drug-likeness (QED) is 0.0251. The molecule has 0 aliphatic carbocycles. The minimum absolute atomic E-state index is 0.0278. The zero-order valence-electron chi connectivity index (χ0n) is 28.4. The van der Waals surface area contributed by atoms with Crippen LogP contribution in [0, 0.1) is 0 Å². The molecule has 0 amide bonds. The van der Waals surface area contributed by atoms with Gasteiger partial charge < -0.3 is 36.7 Å². The molecule has 0 saturated heterocycles. The molecule has 4 aromatic rings. The van der Waals surface area contributed by atoms with Crippen molar-refractivity contribution in [2.24, 2.45) is 11.5 Å².